The summed E-state index contributed by atoms with van der Waals surface area (Å²) in [4.78, 5) is 11.8. The lowest BCUT2D eigenvalue weighted by Gasteiger charge is -2.21. The lowest BCUT2D eigenvalue weighted by Crippen LogP contribution is -2.13. The molecule has 2 aromatic rings. The van der Waals surface area contributed by atoms with E-state index in [1.165, 1.54) is 12.5 Å². The number of carbonyl (C=O) groups excluding carboxylic acids is 1. The summed E-state index contributed by atoms with van der Waals surface area (Å²) in [6.07, 6.45) is 0.666. The molecule has 0 N–H and O–H groups in total. The fourth-order valence-corrected chi connectivity index (χ4v) is 4.33. The van der Waals surface area contributed by atoms with E-state index in [4.69, 9.17) is 16.3 Å². The summed E-state index contributed by atoms with van der Waals surface area (Å²) in [5, 5.41) is 0.176. The molecule has 0 amide bonds. The van der Waals surface area contributed by atoms with E-state index in [0.29, 0.717) is 5.56 Å². The third-order valence-corrected chi connectivity index (χ3v) is 6.36. The first kappa shape index (κ1) is 22.6. The van der Waals surface area contributed by atoms with Gasteiger partial charge < -0.3 is 9.53 Å². The molecule has 1 atom stereocenters. The number of ether oxygens (including phenoxy) is 1. The molecule has 1 aromatic heterocycles. The van der Waals surface area contributed by atoms with Gasteiger partial charge in [0, 0.05) is 24.3 Å². The molecule has 30 heavy (non-hydrogen) atoms. The standard InChI is InChI=1S/C22H21ClF3NO2S/c1-3-13-5-8-14(9-6-13)21-16(22(23)27-30-21)11-29-20-17(24)10-15(7-4-12(2)28)18(25)19(20)26/h5-6,8-9,15H,3-4,7,10-11H2,1-2H3. The van der Waals surface area contributed by atoms with Gasteiger partial charge in [-0.2, -0.15) is 8.76 Å². The van der Waals surface area contributed by atoms with E-state index in [1.807, 2.05) is 24.3 Å². The van der Waals surface area contributed by atoms with Crippen LogP contribution in [0.2, 0.25) is 5.15 Å². The lowest BCUT2D eigenvalue weighted by atomic mass is 9.91. The van der Waals surface area contributed by atoms with E-state index in [-0.39, 0.29) is 36.8 Å². The molecule has 0 aliphatic heterocycles. The van der Waals surface area contributed by atoms with Crippen LogP contribution in [0.5, 0.6) is 0 Å². The van der Waals surface area contributed by atoms with Crippen LogP contribution in [-0.4, -0.2) is 10.2 Å². The molecule has 8 heteroatoms. The Morgan fingerprint density at radius 3 is 2.60 bits per heavy atom. The topological polar surface area (TPSA) is 39.2 Å². The van der Waals surface area contributed by atoms with Gasteiger partial charge in [0.25, 0.3) is 0 Å². The van der Waals surface area contributed by atoms with Crippen molar-refractivity contribution >= 4 is 28.9 Å². The van der Waals surface area contributed by atoms with Gasteiger partial charge in [-0.15, -0.1) is 0 Å². The van der Waals surface area contributed by atoms with E-state index >= 15 is 0 Å². The Balaban J connectivity index is 1.78. The minimum atomic E-state index is -1.36. The summed E-state index contributed by atoms with van der Waals surface area (Å²) in [7, 11) is 0. The Labute approximate surface area is 182 Å². The molecule has 1 heterocycles. The van der Waals surface area contributed by atoms with Gasteiger partial charge in [0.15, 0.2) is 11.6 Å². The molecule has 1 aliphatic rings. The Kier molecular flexibility index (Phi) is 7.36. The molecule has 1 aliphatic carbocycles. The van der Waals surface area contributed by atoms with Crippen molar-refractivity contribution < 1.29 is 22.7 Å². The molecule has 0 radical (unpaired) electrons. The van der Waals surface area contributed by atoms with Crippen LogP contribution in [0.3, 0.4) is 0 Å². The molecule has 0 spiro atoms. The van der Waals surface area contributed by atoms with Gasteiger partial charge >= 0.3 is 0 Å². The Morgan fingerprint density at radius 1 is 1.27 bits per heavy atom. The average Bonchev–Trinajstić information content (AvgIpc) is 3.10. The summed E-state index contributed by atoms with van der Waals surface area (Å²) in [5.74, 6) is -5.23. The van der Waals surface area contributed by atoms with Crippen LogP contribution in [0.25, 0.3) is 10.4 Å². The van der Waals surface area contributed by atoms with Crippen molar-refractivity contribution in [2.45, 2.75) is 46.1 Å². The number of hydrogen-bond acceptors (Lipinski definition) is 4. The van der Waals surface area contributed by atoms with E-state index in [2.05, 4.69) is 11.3 Å². The molecule has 3 rings (SSSR count). The molecule has 0 fully saturated rings. The van der Waals surface area contributed by atoms with Crippen LogP contribution >= 0.6 is 23.1 Å². The first-order chi connectivity index (χ1) is 14.3. The average molecular weight is 456 g/mol. The number of Topliss-reactive ketones (excluding diaryl/α,β-unsaturated/α-hetero) is 1. The van der Waals surface area contributed by atoms with E-state index < -0.39 is 29.2 Å². The summed E-state index contributed by atoms with van der Waals surface area (Å²) < 4.78 is 52.7. The summed E-state index contributed by atoms with van der Waals surface area (Å²) in [6, 6.07) is 7.81. The molecular formula is C22H21ClF3NO2S. The number of aryl methyl sites for hydroxylation is 1. The number of benzene rings is 1. The molecule has 0 saturated carbocycles. The highest BCUT2D eigenvalue weighted by atomic mass is 35.5. The van der Waals surface area contributed by atoms with Crippen LogP contribution in [0.1, 0.15) is 44.2 Å². The number of hydrogen-bond donors (Lipinski definition) is 0. The summed E-state index contributed by atoms with van der Waals surface area (Å²) in [6.45, 7) is 3.16. The van der Waals surface area contributed by atoms with Crippen molar-refractivity contribution in [3.05, 3.63) is 63.8 Å². The molecule has 160 valence electrons. The third kappa shape index (κ3) is 4.95. The minimum absolute atomic E-state index is 0.0491. The SMILES string of the molecule is CCc1ccc(-c2snc(Cl)c2COC2=C(F)CC(CCC(C)=O)C(F)=C2F)cc1. The van der Waals surface area contributed by atoms with Crippen LogP contribution < -0.4 is 0 Å². The number of nitrogens with zero attached hydrogens (tertiary/aromatic N) is 1. The summed E-state index contributed by atoms with van der Waals surface area (Å²) >= 11 is 7.32. The number of halogens is 4. The fraction of sp³-hybridized carbons (Fsp3) is 0.364. The highest BCUT2D eigenvalue weighted by Crippen LogP contribution is 2.41. The third-order valence-electron chi connectivity index (χ3n) is 5.01. The van der Waals surface area contributed by atoms with Crippen molar-refractivity contribution in [1.82, 2.24) is 4.37 Å². The van der Waals surface area contributed by atoms with Crippen molar-refractivity contribution in [1.29, 1.82) is 0 Å². The van der Waals surface area contributed by atoms with E-state index in [9.17, 15) is 18.0 Å². The zero-order chi connectivity index (χ0) is 21.8. The van der Waals surface area contributed by atoms with Gasteiger partial charge in [0.05, 0.1) is 4.88 Å². The predicted octanol–water partition coefficient (Wildman–Crippen LogP) is 7.26. The van der Waals surface area contributed by atoms with Gasteiger partial charge in [-0.1, -0.05) is 42.8 Å². The van der Waals surface area contributed by atoms with Gasteiger partial charge in [0.1, 0.15) is 29.2 Å². The van der Waals surface area contributed by atoms with Crippen molar-refractivity contribution in [3.63, 3.8) is 0 Å². The normalized spacial score (nSPS) is 16.9. The Bertz CT molecular complexity index is 998. The Morgan fingerprint density at radius 2 is 1.97 bits per heavy atom. The summed E-state index contributed by atoms with van der Waals surface area (Å²) in [5.41, 5.74) is 2.52. The van der Waals surface area contributed by atoms with Crippen LogP contribution in [0.15, 0.2) is 47.5 Å². The highest BCUT2D eigenvalue weighted by molar-refractivity contribution is 7.10. The zero-order valence-corrected chi connectivity index (χ0v) is 18.2. The van der Waals surface area contributed by atoms with Gasteiger partial charge in [-0.05, 0) is 42.4 Å². The highest BCUT2D eigenvalue weighted by Gasteiger charge is 2.32. The van der Waals surface area contributed by atoms with Crippen LogP contribution in [-0.2, 0) is 22.6 Å². The van der Waals surface area contributed by atoms with Crippen LogP contribution in [0, 0.1) is 5.92 Å². The minimum Gasteiger partial charge on any atom is -0.483 e. The maximum Gasteiger partial charge on any atom is 0.199 e. The zero-order valence-electron chi connectivity index (χ0n) is 16.6. The van der Waals surface area contributed by atoms with E-state index in [1.54, 1.807) is 0 Å². The second kappa shape index (κ2) is 9.79. The number of carbonyl (C=O) groups is 1. The molecule has 0 bridgehead atoms. The number of aromatic nitrogens is 1. The number of allylic oxidation sites excluding steroid dienone is 3. The number of rotatable bonds is 8. The Hall–Kier alpha value is -2.12. The maximum absolute atomic E-state index is 14.5. The lowest BCUT2D eigenvalue weighted by molar-refractivity contribution is -0.117. The van der Waals surface area contributed by atoms with Gasteiger partial charge in [-0.3, -0.25) is 0 Å². The van der Waals surface area contributed by atoms with Crippen molar-refractivity contribution in [2.75, 3.05) is 0 Å². The van der Waals surface area contributed by atoms with Gasteiger partial charge in [0.2, 0.25) is 0 Å². The molecule has 1 unspecified atom stereocenters. The largest absolute Gasteiger partial charge is 0.483 e. The molecular weight excluding hydrogens is 435 g/mol. The maximum atomic E-state index is 14.5. The predicted molar refractivity (Wildman–Crippen MR) is 112 cm³/mol. The smallest absolute Gasteiger partial charge is 0.199 e. The first-order valence-electron chi connectivity index (χ1n) is 9.61. The second-order valence-corrected chi connectivity index (χ2v) is 8.29. The molecule has 3 nitrogen and oxygen atoms in total. The fourth-order valence-electron chi connectivity index (χ4n) is 3.23. The van der Waals surface area contributed by atoms with Crippen molar-refractivity contribution in [3.8, 4) is 10.4 Å². The number of ketones is 1. The second-order valence-electron chi connectivity index (χ2n) is 7.16. The monoisotopic (exact) mass is 455 g/mol. The van der Waals surface area contributed by atoms with Crippen LogP contribution in [0.4, 0.5) is 13.2 Å². The van der Waals surface area contributed by atoms with Crippen molar-refractivity contribution in [2.24, 2.45) is 5.92 Å². The quantitative estimate of drug-likeness (QED) is 0.420. The molecule has 0 saturated heterocycles. The van der Waals surface area contributed by atoms with Gasteiger partial charge in [-0.25, -0.2) is 8.78 Å². The first-order valence-corrected chi connectivity index (χ1v) is 10.8. The van der Waals surface area contributed by atoms with E-state index in [0.717, 1.165) is 28.4 Å². The molecule has 1 aromatic carbocycles.